The number of rotatable bonds is 1. The van der Waals surface area contributed by atoms with Gasteiger partial charge >= 0.3 is 0 Å². The molecule has 5 aromatic rings. The summed E-state index contributed by atoms with van der Waals surface area (Å²) in [4.78, 5) is 4.70. The Morgan fingerprint density at radius 2 is 1.69 bits per heavy atom. The maximum absolute atomic E-state index is 6.61. The first kappa shape index (κ1) is 18.2. The minimum absolute atomic E-state index is 0.176. The van der Waals surface area contributed by atoms with Crippen molar-refractivity contribution in [1.82, 2.24) is 4.98 Å². The largest absolute Gasteiger partial charge is 0.455 e. The normalized spacial score (nSPS) is 16.2. The molecule has 1 saturated carbocycles. The number of hydrogen-bond donors (Lipinski definition) is 0. The van der Waals surface area contributed by atoms with Gasteiger partial charge in [-0.2, -0.15) is 0 Å². The summed E-state index contributed by atoms with van der Waals surface area (Å²) in [5.41, 5.74) is 12.4. The lowest BCUT2D eigenvalue weighted by molar-refractivity contribution is 0.550. The maximum atomic E-state index is 6.61. The van der Waals surface area contributed by atoms with E-state index in [1.54, 1.807) is 0 Å². The van der Waals surface area contributed by atoms with Crippen LogP contribution in [0.15, 0.2) is 71.3 Å². The number of furan rings is 1. The van der Waals surface area contributed by atoms with Crippen LogP contribution in [0.4, 0.5) is 0 Å². The summed E-state index contributed by atoms with van der Waals surface area (Å²) in [5, 5.41) is 2.47. The van der Waals surface area contributed by atoms with Crippen LogP contribution in [0.1, 0.15) is 47.9 Å². The highest BCUT2D eigenvalue weighted by atomic mass is 16.3. The average molecular weight is 416 g/mol. The molecule has 2 heterocycles. The van der Waals surface area contributed by atoms with Crippen LogP contribution in [-0.4, -0.2) is 4.98 Å². The third kappa shape index (κ3) is 2.22. The number of pyridine rings is 1. The third-order valence-electron chi connectivity index (χ3n) is 7.87. The lowest BCUT2D eigenvalue weighted by Crippen LogP contribution is -2.20. The fourth-order valence-corrected chi connectivity index (χ4v) is 6.48. The lowest BCUT2D eigenvalue weighted by atomic mass is 9.76. The first-order valence-corrected chi connectivity index (χ1v) is 11.7. The van der Waals surface area contributed by atoms with E-state index in [0.29, 0.717) is 0 Å². The van der Waals surface area contributed by atoms with Crippen molar-refractivity contribution in [3.63, 3.8) is 0 Å². The van der Waals surface area contributed by atoms with E-state index >= 15 is 0 Å². The first-order valence-electron chi connectivity index (χ1n) is 11.7. The van der Waals surface area contributed by atoms with Crippen LogP contribution in [0.25, 0.3) is 44.3 Å². The molecular weight excluding hydrogens is 390 g/mol. The van der Waals surface area contributed by atoms with E-state index in [4.69, 9.17) is 9.40 Å². The van der Waals surface area contributed by atoms with Crippen molar-refractivity contribution in [1.29, 1.82) is 0 Å². The van der Waals surface area contributed by atoms with E-state index in [1.165, 1.54) is 69.8 Å². The van der Waals surface area contributed by atoms with Crippen LogP contribution in [0, 0.1) is 13.8 Å². The van der Waals surface area contributed by atoms with Gasteiger partial charge in [0.1, 0.15) is 11.2 Å². The molecule has 0 saturated heterocycles. The molecule has 1 spiro atoms. The SMILES string of the molecule is Cc1ccnc(-c2c(C)ccc3c2oc2ccc4c(c23)-c2ccccc2C42CCCC2)c1. The van der Waals surface area contributed by atoms with Crippen LogP contribution in [0.3, 0.4) is 0 Å². The highest BCUT2D eigenvalue weighted by molar-refractivity contribution is 6.17. The second-order valence-corrected chi connectivity index (χ2v) is 9.65. The Hall–Kier alpha value is -3.39. The number of hydrogen-bond acceptors (Lipinski definition) is 2. The summed E-state index contributed by atoms with van der Waals surface area (Å²) in [6.07, 6.45) is 7.00. The highest BCUT2D eigenvalue weighted by Gasteiger charge is 2.45. The molecule has 0 N–H and O–H groups in total. The van der Waals surface area contributed by atoms with Gasteiger partial charge in [0.05, 0.1) is 5.69 Å². The van der Waals surface area contributed by atoms with Crippen molar-refractivity contribution in [3.05, 3.63) is 89.1 Å². The van der Waals surface area contributed by atoms with Gasteiger partial charge in [-0.15, -0.1) is 0 Å². The molecule has 32 heavy (non-hydrogen) atoms. The topological polar surface area (TPSA) is 26.0 Å². The number of nitrogens with zero attached hydrogens (tertiary/aromatic N) is 1. The Bertz CT molecular complexity index is 1550. The third-order valence-corrected chi connectivity index (χ3v) is 7.87. The molecule has 2 aliphatic rings. The molecular formula is C30H25NO. The molecule has 3 aromatic carbocycles. The zero-order valence-corrected chi connectivity index (χ0v) is 18.5. The number of aromatic nitrogens is 1. The van der Waals surface area contributed by atoms with Crippen molar-refractivity contribution in [2.24, 2.45) is 0 Å². The van der Waals surface area contributed by atoms with Gasteiger partial charge in [-0.25, -0.2) is 0 Å². The van der Waals surface area contributed by atoms with Gasteiger partial charge in [-0.3, -0.25) is 4.98 Å². The van der Waals surface area contributed by atoms with Gasteiger partial charge in [-0.1, -0.05) is 55.3 Å². The van der Waals surface area contributed by atoms with Crippen molar-refractivity contribution < 1.29 is 4.42 Å². The molecule has 156 valence electrons. The number of aryl methyl sites for hydroxylation is 2. The van der Waals surface area contributed by atoms with Crippen LogP contribution >= 0.6 is 0 Å². The Kier molecular flexibility index (Phi) is 3.60. The molecule has 0 radical (unpaired) electrons. The van der Waals surface area contributed by atoms with E-state index in [-0.39, 0.29) is 5.41 Å². The monoisotopic (exact) mass is 415 g/mol. The lowest BCUT2D eigenvalue weighted by Gasteiger charge is -2.26. The second kappa shape index (κ2) is 6.32. The minimum Gasteiger partial charge on any atom is -0.455 e. The fourth-order valence-electron chi connectivity index (χ4n) is 6.48. The van der Waals surface area contributed by atoms with E-state index in [9.17, 15) is 0 Å². The number of benzene rings is 3. The summed E-state index contributed by atoms with van der Waals surface area (Å²) < 4.78 is 6.61. The predicted molar refractivity (Wildman–Crippen MR) is 131 cm³/mol. The Labute approximate surface area is 187 Å². The van der Waals surface area contributed by atoms with Gasteiger partial charge in [-0.05, 0) is 78.3 Å². The van der Waals surface area contributed by atoms with E-state index < -0.39 is 0 Å². The molecule has 2 heteroatoms. The summed E-state index contributed by atoms with van der Waals surface area (Å²) in [6, 6.07) is 22.3. The van der Waals surface area contributed by atoms with E-state index in [2.05, 4.69) is 68.4 Å². The summed E-state index contributed by atoms with van der Waals surface area (Å²) in [5.74, 6) is 0. The van der Waals surface area contributed by atoms with Crippen LogP contribution in [0.5, 0.6) is 0 Å². The molecule has 7 rings (SSSR count). The van der Waals surface area contributed by atoms with Gasteiger partial charge in [0.25, 0.3) is 0 Å². The average Bonchev–Trinajstić information content (AvgIpc) is 3.50. The van der Waals surface area contributed by atoms with Crippen LogP contribution < -0.4 is 0 Å². The summed E-state index contributed by atoms with van der Waals surface area (Å²) >= 11 is 0. The molecule has 1 fully saturated rings. The number of fused-ring (bicyclic) bond motifs is 9. The highest BCUT2D eigenvalue weighted by Crippen LogP contribution is 2.59. The fraction of sp³-hybridized carbons (Fsp3) is 0.233. The van der Waals surface area contributed by atoms with Crippen molar-refractivity contribution in [3.8, 4) is 22.4 Å². The van der Waals surface area contributed by atoms with Gasteiger partial charge < -0.3 is 4.42 Å². The smallest absolute Gasteiger partial charge is 0.145 e. The standard InChI is InChI=1S/C30H25NO/c1-18-13-16-31-24(17-18)26-19(2)9-10-21-28-25(32-29(21)26)12-11-23-27(28)20-7-3-4-8-22(20)30(23)14-5-6-15-30/h3-4,7-13,16-17H,5-6,14-15H2,1-2H3. The zero-order chi connectivity index (χ0) is 21.4. The Balaban J connectivity index is 1.62. The summed E-state index contributed by atoms with van der Waals surface area (Å²) in [6.45, 7) is 4.27. The molecule has 2 aromatic heterocycles. The van der Waals surface area contributed by atoms with Gasteiger partial charge in [0, 0.05) is 27.9 Å². The van der Waals surface area contributed by atoms with E-state index in [1.807, 2.05) is 12.3 Å². The second-order valence-electron chi connectivity index (χ2n) is 9.65. The molecule has 0 unspecified atom stereocenters. The van der Waals surface area contributed by atoms with E-state index in [0.717, 1.165) is 22.4 Å². The maximum Gasteiger partial charge on any atom is 0.145 e. The molecule has 2 nitrogen and oxygen atoms in total. The molecule has 0 bridgehead atoms. The predicted octanol–water partition coefficient (Wildman–Crippen LogP) is 8.11. The van der Waals surface area contributed by atoms with Crippen molar-refractivity contribution >= 4 is 21.9 Å². The quantitative estimate of drug-likeness (QED) is 0.276. The van der Waals surface area contributed by atoms with Gasteiger partial charge in [0.2, 0.25) is 0 Å². The Morgan fingerprint density at radius 1 is 0.844 bits per heavy atom. The Morgan fingerprint density at radius 3 is 2.53 bits per heavy atom. The molecule has 0 aliphatic heterocycles. The summed E-state index contributed by atoms with van der Waals surface area (Å²) in [7, 11) is 0. The van der Waals surface area contributed by atoms with Crippen molar-refractivity contribution in [2.45, 2.75) is 44.9 Å². The molecule has 0 amide bonds. The van der Waals surface area contributed by atoms with Gasteiger partial charge in [0.15, 0.2) is 0 Å². The molecule has 2 aliphatic carbocycles. The van der Waals surface area contributed by atoms with Crippen LogP contribution in [0.2, 0.25) is 0 Å². The zero-order valence-electron chi connectivity index (χ0n) is 18.5. The molecule has 0 atom stereocenters. The minimum atomic E-state index is 0.176. The van der Waals surface area contributed by atoms with Crippen molar-refractivity contribution in [2.75, 3.05) is 0 Å². The van der Waals surface area contributed by atoms with Crippen LogP contribution in [-0.2, 0) is 5.41 Å². The first-order chi connectivity index (χ1) is 15.7.